The fourth-order valence-corrected chi connectivity index (χ4v) is 1.53. The Hall–Kier alpha value is -0.330. The van der Waals surface area contributed by atoms with Crippen LogP contribution in [0.3, 0.4) is 0 Å². The van der Waals surface area contributed by atoms with Crippen LogP contribution >= 0.6 is 0 Å². The van der Waals surface area contributed by atoms with Crippen molar-refractivity contribution in [1.29, 1.82) is 0 Å². The quantitative estimate of drug-likeness (QED) is 0.553. The summed E-state index contributed by atoms with van der Waals surface area (Å²) in [6.45, 7) is 9.14. The highest BCUT2D eigenvalue weighted by atomic mass is 14.6. The molecule has 0 aliphatic rings. The van der Waals surface area contributed by atoms with Crippen molar-refractivity contribution in [3.63, 3.8) is 0 Å². The van der Waals surface area contributed by atoms with Gasteiger partial charge in [-0.3, -0.25) is 0 Å². The first-order chi connectivity index (χ1) is 4.98. The van der Waals surface area contributed by atoms with E-state index in [-0.39, 0.29) is 0 Å². The van der Waals surface area contributed by atoms with Crippen LogP contribution in [0, 0.1) is 11.3 Å². The molecule has 0 saturated heterocycles. The van der Waals surface area contributed by atoms with Crippen molar-refractivity contribution in [1.82, 2.24) is 0 Å². The smallest absolute Gasteiger partial charge is 0.0273 e. The molecule has 0 aromatic heterocycles. The monoisotopic (exact) mass is 155 g/mol. The van der Waals surface area contributed by atoms with Crippen molar-refractivity contribution in [2.45, 2.75) is 40.5 Å². The normalized spacial score (nSPS) is 13.3. The van der Waals surface area contributed by atoms with E-state index < -0.39 is 0 Å². The van der Waals surface area contributed by atoms with Gasteiger partial charge in [0.05, 0.1) is 0 Å². The summed E-state index contributed by atoms with van der Waals surface area (Å²) in [7, 11) is 1.84. The Bertz CT molecular complexity index is 123. The SMILES string of the molecule is CN=CCC(C)(C)CC(C)C. The average Bonchev–Trinajstić information content (AvgIpc) is 1.81. The minimum atomic E-state index is 0.424. The maximum absolute atomic E-state index is 4.00. The van der Waals surface area contributed by atoms with Gasteiger partial charge in [0.25, 0.3) is 0 Å². The van der Waals surface area contributed by atoms with E-state index in [1.165, 1.54) is 6.42 Å². The van der Waals surface area contributed by atoms with Crippen molar-refractivity contribution in [3.8, 4) is 0 Å². The van der Waals surface area contributed by atoms with Gasteiger partial charge in [0, 0.05) is 7.05 Å². The Morgan fingerprint density at radius 2 is 1.91 bits per heavy atom. The molecule has 0 bridgehead atoms. The second-order valence-electron chi connectivity index (χ2n) is 4.41. The van der Waals surface area contributed by atoms with E-state index in [0.29, 0.717) is 5.41 Å². The van der Waals surface area contributed by atoms with Gasteiger partial charge in [-0.05, 0) is 30.4 Å². The number of aliphatic imine (C=N–C) groups is 1. The number of hydrogen-bond acceptors (Lipinski definition) is 1. The number of nitrogens with zero attached hydrogens (tertiary/aromatic N) is 1. The van der Waals surface area contributed by atoms with Crippen LogP contribution in [0.5, 0.6) is 0 Å². The molecule has 0 aromatic rings. The Morgan fingerprint density at radius 1 is 1.36 bits per heavy atom. The van der Waals surface area contributed by atoms with Crippen LogP contribution in [0.2, 0.25) is 0 Å². The van der Waals surface area contributed by atoms with Crippen molar-refractivity contribution in [2.24, 2.45) is 16.3 Å². The lowest BCUT2D eigenvalue weighted by atomic mass is 9.81. The lowest BCUT2D eigenvalue weighted by Crippen LogP contribution is -2.14. The first-order valence-corrected chi connectivity index (χ1v) is 4.38. The first-order valence-electron chi connectivity index (χ1n) is 4.38. The topological polar surface area (TPSA) is 12.4 Å². The zero-order valence-corrected chi connectivity index (χ0v) is 8.52. The predicted octanol–water partition coefficient (Wildman–Crippen LogP) is 3.15. The molecule has 11 heavy (non-hydrogen) atoms. The van der Waals surface area contributed by atoms with Crippen LogP contribution in [0.1, 0.15) is 40.5 Å². The lowest BCUT2D eigenvalue weighted by Gasteiger charge is -2.24. The van der Waals surface area contributed by atoms with Crippen LogP contribution < -0.4 is 0 Å². The number of rotatable bonds is 4. The lowest BCUT2D eigenvalue weighted by molar-refractivity contribution is 0.301. The van der Waals surface area contributed by atoms with Crippen LogP contribution in [0.4, 0.5) is 0 Å². The van der Waals surface area contributed by atoms with Gasteiger partial charge < -0.3 is 4.99 Å². The molecule has 0 saturated carbocycles. The molecule has 0 rings (SSSR count). The minimum absolute atomic E-state index is 0.424. The van der Waals surface area contributed by atoms with Crippen LogP contribution in [-0.4, -0.2) is 13.3 Å². The summed E-state index contributed by atoms with van der Waals surface area (Å²) >= 11 is 0. The zero-order valence-electron chi connectivity index (χ0n) is 8.52. The van der Waals surface area contributed by atoms with Crippen molar-refractivity contribution in [2.75, 3.05) is 7.05 Å². The Labute approximate surface area is 70.9 Å². The van der Waals surface area contributed by atoms with Gasteiger partial charge in [0.15, 0.2) is 0 Å². The van der Waals surface area contributed by atoms with Crippen molar-refractivity contribution in [3.05, 3.63) is 0 Å². The Kier molecular flexibility index (Phi) is 4.39. The molecule has 0 amide bonds. The number of hydrogen-bond donors (Lipinski definition) is 0. The van der Waals surface area contributed by atoms with Gasteiger partial charge in [-0.1, -0.05) is 27.7 Å². The van der Waals surface area contributed by atoms with E-state index >= 15 is 0 Å². The van der Waals surface area contributed by atoms with Gasteiger partial charge in [-0.2, -0.15) is 0 Å². The van der Waals surface area contributed by atoms with Crippen molar-refractivity contribution < 1.29 is 0 Å². The van der Waals surface area contributed by atoms with Crippen LogP contribution in [0.15, 0.2) is 4.99 Å². The molecular weight excluding hydrogens is 134 g/mol. The van der Waals surface area contributed by atoms with Crippen LogP contribution in [-0.2, 0) is 0 Å². The standard InChI is InChI=1S/C10H21N/c1-9(2)8-10(3,4)6-7-11-5/h7,9H,6,8H2,1-5H3. The molecule has 0 radical (unpaired) electrons. The van der Waals surface area contributed by atoms with E-state index in [4.69, 9.17) is 0 Å². The van der Waals surface area contributed by atoms with Gasteiger partial charge in [0.1, 0.15) is 0 Å². The third kappa shape index (κ3) is 6.08. The molecule has 66 valence electrons. The third-order valence-corrected chi connectivity index (χ3v) is 1.79. The highest BCUT2D eigenvalue weighted by molar-refractivity contribution is 5.57. The highest BCUT2D eigenvalue weighted by Crippen LogP contribution is 2.27. The highest BCUT2D eigenvalue weighted by Gasteiger charge is 2.17. The molecule has 0 heterocycles. The summed E-state index contributed by atoms with van der Waals surface area (Å²) in [5, 5.41) is 0. The van der Waals surface area contributed by atoms with E-state index in [9.17, 15) is 0 Å². The summed E-state index contributed by atoms with van der Waals surface area (Å²) < 4.78 is 0. The Balaban J connectivity index is 3.79. The van der Waals surface area contributed by atoms with Gasteiger partial charge >= 0.3 is 0 Å². The van der Waals surface area contributed by atoms with E-state index in [1.54, 1.807) is 0 Å². The van der Waals surface area contributed by atoms with E-state index in [0.717, 1.165) is 12.3 Å². The summed E-state index contributed by atoms with van der Waals surface area (Å²) in [6.07, 6.45) is 4.39. The van der Waals surface area contributed by atoms with E-state index in [2.05, 4.69) is 32.7 Å². The maximum Gasteiger partial charge on any atom is 0.0273 e. The largest absolute Gasteiger partial charge is 0.301 e. The second-order valence-corrected chi connectivity index (χ2v) is 4.41. The molecule has 0 aliphatic heterocycles. The minimum Gasteiger partial charge on any atom is -0.301 e. The zero-order chi connectivity index (χ0) is 8.91. The van der Waals surface area contributed by atoms with E-state index in [1.807, 2.05) is 13.3 Å². The average molecular weight is 155 g/mol. The molecule has 0 atom stereocenters. The fourth-order valence-electron chi connectivity index (χ4n) is 1.53. The molecule has 0 aromatic carbocycles. The Morgan fingerprint density at radius 3 is 2.27 bits per heavy atom. The van der Waals surface area contributed by atoms with Crippen LogP contribution in [0.25, 0.3) is 0 Å². The molecule has 0 spiro atoms. The van der Waals surface area contributed by atoms with Gasteiger partial charge in [-0.15, -0.1) is 0 Å². The summed E-state index contributed by atoms with van der Waals surface area (Å²) in [5.41, 5.74) is 0.424. The molecular formula is C10H21N. The molecule has 1 heteroatoms. The molecule has 0 fully saturated rings. The second kappa shape index (κ2) is 4.53. The molecule has 0 aliphatic carbocycles. The fraction of sp³-hybridized carbons (Fsp3) is 0.900. The summed E-state index contributed by atoms with van der Waals surface area (Å²) in [6, 6.07) is 0. The van der Waals surface area contributed by atoms with Gasteiger partial charge in [0.2, 0.25) is 0 Å². The van der Waals surface area contributed by atoms with Gasteiger partial charge in [-0.25, -0.2) is 0 Å². The molecule has 0 unspecified atom stereocenters. The maximum atomic E-state index is 4.00. The summed E-state index contributed by atoms with van der Waals surface area (Å²) in [4.78, 5) is 4.00. The summed E-state index contributed by atoms with van der Waals surface area (Å²) in [5.74, 6) is 0.787. The molecule has 0 N–H and O–H groups in total. The molecule has 1 nitrogen and oxygen atoms in total. The van der Waals surface area contributed by atoms with Crippen molar-refractivity contribution >= 4 is 6.21 Å². The predicted molar refractivity (Wildman–Crippen MR) is 52.3 cm³/mol. The third-order valence-electron chi connectivity index (χ3n) is 1.79. The first kappa shape index (κ1) is 10.7.